The maximum Gasteiger partial charge on any atom is 0.0467 e. The van der Waals surface area contributed by atoms with Gasteiger partial charge in [0, 0.05) is 27.9 Å². The van der Waals surface area contributed by atoms with Crippen LogP contribution in [0.15, 0.2) is 182 Å². The Labute approximate surface area is 369 Å². The second kappa shape index (κ2) is 14.3. The summed E-state index contributed by atoms with van der Waals surface area (Å²) in [7, 11) is 0. The standard InChI is InChI=1S/C61H57N/c1-58(2,3)42-36-43(59(4,5)6)38-46(37-42)62(45-34-35-51-49-24-16-18-29-55(49)61(9,56(51)39-45)41-20-11-10-12-21-41)44-32-30-40(31-33-44)47-22-13-14-23-48(47)52-26-19-27-53-50-25-15-17-28-54(50)60(7,8)57(52)53/h10-39H,1-9H3. The molecule has 0 aliphatic heterocycles. The van der Waals surface area contributed by atoms with E-state index in [0.717, 1.165) is 11.4 Å². The van der Waals surface area contributed by atoms with E-state index in [-0.39, 0.29) is 21.7 Å². The first-order valence-corrected chi connectivity index (χ1v) is 22.3. The lowest BCUT2D eigenvalue weighted by atomic mass is 9.74. The summed E-state index contributed by atoms with van der Waals surface area (Å²) < 4.78 is 0. The molecule has 1 nitrogen and oxygen atoms in total. The molecular formula is C61H57N. The van der Waals surface area contributed by atoms with Crippen LogP contribution >= 0.6 is 0 Å². The topological polar surface area (TPSA) is 3.24 Å². The number of rotatable bonds is 6. The smallest absolute Gasteiger partial charge is 0.0467 e. The molecule has 0 radical (unpaired) electrons. The Bertz CT molecular complexity index is 2970. The zero-order chi connectivity index (χ0) is 43.2. The molecule has 0 N–H and O–H groups in total. The van der Waals surface area contributed by atoms with Crippen molar-refractivity contribution in [1.82, 2.24) is 0 Å². The molecule has 0 heterocycles. The number of anilines is 3. The lowest BCUT2D eigenvalue weighted by molar-refractivity contribution is 0.569. The summed E-state index contributed by atoms with van der Waals surface area (Å²) >= 11 is 0. The van der Waals surface area contributed by atoms with Gasteiger partial charge in [-0.3, -0.25) is 0 Å². The lowest BCUT2D eigenvalue weighted by Gasteiger charge is -2.33. The molecule has 2 aliphatic carbocycles. The Hall–Kier alpha value is -6.44. The zero-order valence-corrected chi connectivity index (χ0v) is 37.8. The van der Waals surface area contributed by atoms with Crippen LogP contribution in [-0.4, -0.2) is 0 Å². The Kier molecular flexibility index (Phi) is 9.16. The van der Waals surface area contributed by atoms with Crippen molar-refractivity contribution in [2.24, 2.45) is 0 Å². The molecular weight excluding hydrogens is 747 g/mol. The van der Waals surface area contributed by atoms with Crippen LogP contribution in [-0.2, 0) is 21.7 Å². The first kappa shape index (κ1) is 39.7. The third-order valence-electron chi connectivity index (χ3n) is 14.0. The highest BCUT2D eigenvalue weighted by atomic mass is 15.1. The lowest BCUT2D eigenvalue weighted by Crippen LogP contribution is -2.23. The van der Waals surface area contributed by atoms with E-state index < -0.39 is 0 Å². The molecule has 0 saturated heterocycles. The minimum Gasteiger partial charge on any atom is -0.310 e. The zero-order valence-electron chi connectivity index (χ0n) is 37.8. The summed E-state index contributed by atoms with van der Waals surface area (Å²) in [5.74, 6) is 0. The average Bonchev–Trinajstić information content (AvgIpc) is 3.68. The minimum absolute atomic E-state index is 0.0335. The van der Waals surface area contributed by atoms with Gasteiger partial charge in [-0.05, 0) is 138 Å². The van der Waals surface area contributed by atoms with E-state index in [9.17, 15) is 0 Å². The molecule has 0 amide bonds. The predicted molar refractivity (Wildman–Crippen MR) is 264 cm³/mol. The van der Waals surface area contributed by atoms with Crippen LogP contribution in [0.4, 0.5) is 17.1 Å². The van der Waals surface area contributed by atoms with E-state index in [1.807, 2.05) is 0 Å². The molecule has 1 heteroatoms. The fourth-order valence-electron chi connectivity index (χ4n) is 10.6. The Morgan fingerprint density at radius 3 is 1.47 bits per heavy atom. The molecule has 306 valence electrons. The monoisotopic (exact) mass is 803 g/mol. The highest BCUT2D eigenvalue weighted by Gasteiger charge is 2.41. The van der Waals surface area contributed by atoms with Gasteiger partial charge in [0.15, 0.2) is 0 Å². The molecule has 10 rings (SSSR count). The van der Waals surface area contributed by atoms with Gasteiger partial charge in [-0.1, -0.05) is 201 Å². The first-order valence-electron chi connectivity index (χ1n) is 22.3. The normalized spacial score (nSPS) is 16.0. The Balaban J connectivity index is 1.14. The third-order valence-corrected chi connectivity index (χ3v) is 14.0. The van der Waals surface area contributed by atoms with Gasteiger partial charge in [-0.2, -0.15) is 0 Å². The van der Waals surface area contributed by atoms with Gasteiger partial charge in [-0.15, -0.1) is 0 Å². The van der Waals surface area contributed by atoms with Crippen molar-refractivity contribution in [1.29, 1.82) is 0 Å². The number of fused-ring (bicyclic) bond motifs is 6. The summed E-state index contributed by atoms with van der Waals surface area (Å²) in [4.78, 5) is 2.50. The fraction of sp³-hybridized carbons (Fsp3) is 0.213. The molecule has 8 aromatic carbocycles. The SMILES string of the molecule is CC(C)(C)c1cc(N(c2ccc(-c3ccccc3-c3cccc4c3C(C)(C)c3ccccc3-4)cc2)c2ccc3c(c2)C(C)(c2ccccc2)c2ccccc2-3)cc(C(C)(C)C)c1. The maximum atomic E-state index is 2.50. The van der Waals surface area contributed by atoms with Crippen molar-refractivity contribution in [3.05, 3.63) is 221 Å². The number of benzene rings is 8. The van der Waals surface area contributed by atoms with E-state index in [1.54, 1.807) is 0 Å². The van der Waals surface area contributed by atoms with Crippen LogP contribution in [0, 0.1) is 0 Å². The van der Waals surface area contributed by atoms with E-state index >= 15 is 0 Å². The molecule has 0 fully saturated rings. The molecule has 62 heavy (non-hydrogen) atoms. The van der Waals surface area contributed by atoms with Crippen LogP contribution in [0.2, 0.25) is 0 Å². The fourth-order valence-corrected chi connectivity index (χ4v) is 10.6. The van der Waals surface area contributed by atoms with Crippen molar-refractivity contribution >= 4 is 17.1 Å². The molecule has 0 spiro atoms. The summed E-state index contributed by atoms with van der Waals surface area (Å²) in [5.41, 5.74) is 22.8. The summed E-state index contributed by atoms with van der Waals surface area (Å²) in [6, 6.07) is 68.6. The number of hydrogen-bond acceptors (Lipinski definition) is 1. The summed E-state index contributed by atoms with van der Waals surface area (Å²) in [6.45, 7) is 21.1. The highest BCUT2D eigenvalue weighted by Crippen LogP contribution is 2.55. The van der Waals surface area contributed by atoms with Gasteiger partial charge in [0.1, 0.15) is 0 Å². The van der Waals surface area contributed by atoms with E-state index in [1.165, 1.54) is 89.1 Å². The van der Waals surface area contributed by atoms with Gasteiger partial charge in [0.05, 0.1) is 0 Å². The maximum absolute atomic E-state index is 2.50. The van der Waals surface area contributed by atoms with Crippen LogP contribution in [0.5, 0.6) is 0 Å². The molecule has 1 atom stereocenters. The van der Waals surface area contributed by atoms with Gasteiger partial charge < -0.3 is 4.90 Å². The van der Waals surface area contributed by atoms with Crippen LogP contribution in [0.25, 0.3) is 44.5 Å². The van der Waals surface area contributed by atoms with Crippen molar-refractivity contribution in [3.63, 3.8) is 0 Å². The molecule has 0 aromatic heterocycles. The van der Waals surface area contributed by atoms with Gasteiger partial charge in [0.2, 0.25) is 0 Å². The van der Waals surface area contributed by atoms with Crippen LogP contribution in [0.1, 0.15) is 101 Å². The summed E-state index contributed by atoms with van der Waals surface area (Å²) in [6.07, 6.45) is 0. The van der Waals surface area contributed by atoms with E-state index in [2.05, 4.69) is 249 Å². The average molecular weight is 804 g/mol. The van der Waals surface area contributed by atoms with Gasteiger partial charge >= 0.3 is 0 Å². The molecule has 0 bridgehead atoms. The minimum atomic E-state index is -0.306. The van der Waals surface area contributed by atoms with Crippen molar-refractivity contribution < 1.29 is 0 Å². The predicted octanol–water partition coefficient (Wildman–Crippen LogP) is 16.7. The number of hydrogen-bond donors (Lipinski definition) is 0. The Morgan fingerprint density at radius 1 is 0.355 bits per heavy atom. The van der Waals surface area contributed by atoms with Crippen molar-refractivity contribution in [3.8, 4) is 44.5 Å². The quantitative estimate of drug-likeness (QED) is 0.162. The van der Waals surface area contributed by atoms with E-state index in [4.69, 9.17) is 0 Å². The molecule has 8 aromatic rings. The third kappa shape index (κ3) is 6.27. The molecule has 2 aliphatic rings. The second-order valence-electron chi connectivity index (χ2n) is 20.4. The largest absolute Gasteiger partial charge is 0.310 e. The summed E-state index contributed by atoms with van der Waals surface area (Å²) in [5, 5.41) is 0. The van der Waals surface area contributed by atoms with Gasteiger partial charge in [-0.25, -0.2) is 0 Å². The number of nitrogens with zero attached hydrogens (tertiary/aromatic N) is 1. The molecule has 1 unspecified atom stereocenters. The van der Waals surface area contributed by atoms with Crippen molar-refractivity contribution in [2.75, 3.05) is 4.90 Å². The molecule has 0 saturated carbocycles. The Morgan fingerprint density at radius 2 is 0.839 bits per heavy atom. The highest BCUT2D eigenvalue weighted by molar-refractivity contribution is 5.94. The van der Waals surface area contributed by atoms with Crippen molar-refractivity contribution in [2.45, 2.75) is 84.0 Å². The van der Waals surface area contributed by atoms with Crippen LogP contribution in [0.3, 0.4) is 0 Å². The van der Waals surface area contributed by atoms with Crippen LogP contribution < -0.4 is 4.90 Å². The van der Waals surface area contributed by atoms with Gasteiger partial charge in [0.25, 0.3) is 0 Å². The first-order chi connectivity index (χ1) is 29.7. The second-order valence-corrected chi connectivity index (χ2v) is 20.4. The van der Waals surface area contributed by atoms with E-state index in [0.29, 0.717) is 0 Å².